The number of carbonyl (C=O) groups is 1. The van der Waals surface area contributed by atoms with Crippen molar-refractivity contribution in [3.8, 4) is 11.4 Å². The molecule has 2 aromatic carbocycles. The Morgan fingerprint density at radius 2 is 1.93 bits per heavy atom. The molecule has 1 N–H and O–H groups in total. The average molecular weight is 414 g/mol. The summed E-state index contributed by atoms with van der Waals surface area (Å²) in [5.41, 5.74) is 1.27. The number of hydrogen-bond donors (Lipinski definition) is 1. The van der Waals surface area contributed by atoms with E-state index in [9.17, 15) is 13.2 Å². The molecule has 3 aromatic rings. The minimum Gasteiger partial charge on any atom is -0.497 e. The molecule has 1 amide bonds. The predicted octanol–water partition coefficient (Wildman–Crippen LogP) is 2.53. The van der Waals surface area contributed by atoms with Crippen LogP contribution in [0.15, 0.2) is 71.9 Å². The normalized spacial score (nSPS) is 11.4. The third-order valence-corrected chi connectivity index (χ3v) is 6.12. The van der Waals surface area contributed by atoms with Crippen molar-refractivity contribution in [2.45, 2.75) is 11.8 Å². The van der Waals surface area contributed by atoms with E-state index in [-0.39, 0.29) is 18.0 Å². The zero-order valence-electron chi connectivity index (χ0n) is 16.1. The Hall–Kier alpha value is -3.17. The van der Waals surface area contributed by atoms with Crippen LogP contribution in [0.25, 0.3) is 5.69 Å². The molecule has 0 spiro atoms. The second-order valence-electron chi connectivity index (χ2n) is 6.17. The summed E-state index contributed by atoms with van der Waals surface area (Å²) < 4.78 is 33.6. The van der Waals surface area contributed by atoms with Gasteiger partial charge >= 0.3 is 0 Å². The fourth-order valence-electron chi connectivity index (χ4n) is 2.74. The summed E-state index contributed by atoms with van der Waals surface area (Å²) in [5.74, 6) is 0.148. The van der Waals surface area contributed by atoms with Crippen LogP contribution in [-0.2, 0) is 14.8 Å². The van der Waals surface area contributed by atoms with Gasteiger partial charge in [0, 0.05) is 18.3 Å². The molecule has 0 fully saturated rings. The van der Waals surface area contributed by atoms with Gasteiger partial charge in [0.1, 0.15) is 10.6 Å². The Balaban J connectivity index is 1.74. The lowest BCUT2D eigenvalue weighted by atomic mass is 10.3. The maximum Gasteiger partial charge on any atom is 0.246 e. The van der Waals surface area contributed by atoms with Gasteiger partial charge in [-0.2, -0.15) is 9.40 Å². The molecule has 1 heterocycles. The van der Waals surface area contributed by atoms with Gasteiger partial charge in [0.15, 0.2) is 0 Å². The number of para-hydroxylation sites is 1. The fourth-order valence-corrected chi connectivity index (χ4v) is 4.08. The molecular formula is C20H22N4O4S. The predicted molar refractivity (Wildman–Crippen MR) is 110 cm³/mol. The molecule has 0 saturated carbocycles. The first kappa shape index (κ1) is 20.6. The highest BCUT2D eigenvalue weighted by Gasteiger charge is 2.27. The van der Waals surface area contributed by atoms with E-state index >= 15 is 0 Å². The summed E-state index contributed by atoms with van der Waals surface area (Å²) >= 11 is 0. The molecule has 0 radical (unpaired) electrons. The van der Waals surface area contributed by atoms with E-state index < -0.39 is 15.9 Å². The summed E-state index contributed by atoms with van der Waals surface area (Å²) in [6, 6.07) is 16.0. The Bertz CT molecular complexity index is 1080. The number of nitrogens with zero attached hydrogens (tertiary/aromatic N) is 3. The summed E-state index contributed by atoms with van der Waals surface area (Å²) in [4.78, 5) is 12.4. The highest BCUT2D eigenvalue weighted by Crippen LogP contribution is 2.19. The molecule has 0 atom stereocenters. The van der Waals surface area contributed by atoms with Crippen LogP contribution in [0, 0.1) is 0 Å². The number of anilines is 1. The largest absolute Gasteiger partial charge is 0.497 e. The lowest BCUT2D eigenvalue weighted by Crippen LogP contribution is -2.37. The van der Waals surface area contributed by atoms with Gasteiger partial charge in [-0.25, -0.2) is 13.1 Å². The van der Waals surface area contributed by atoms with E-state index in [1.54, 1.807) is 31.2 Å². The topological polar surface area (TPSA) is 93.5 Å². The van der Waals surface area contributed by atoms with E-state index in [4.69, 9.17) is 4.74 Å². The van der Waals surface area contributed by atoms with Crippen molar-refractivity contribution in [1.82, 2.24) is 14.1 Å². The number of hydrogen-bond acceptors (Lipinski definition) is 5. The van der Waals surface area contributed by atoms with E-state index in [1.807, 2.05) is 30.3 Å². The minimum atomic E-state index is -3.87. The van der Waals surface area contributed by atoms with Gasteiger partial charge < -0.3 is 10.1 Å². The van der Waals surface area contributed by atoms with E-state index in [1.165, 1.54) is 24.2 Å². The van der Waals surface area contributed by atoms with Crippen LogP contribution in [-0.4, -0.2) is 48.6 Å². The molecule has 1 aromatic heterocycles. The van der Waals surface area contributed by atoms with Crippen molar-refractivity contribution in [2.24, 2.45) is 0 Å². The first-order valence-electron chi connectivity index (χ1n) is 8.98. The standard InChI is InChI=1S/C20H22N4O4S/c1-3-23(15-20(25)22-16-8-7-11-18(12-16)28-2)29(26,27)19-13-21-24(14-19)17-9-5-4-6-10-17/h4-14H,3,15H2,1-2H3,(H,22,25). The molecule has 0 aliphatic heterocycles. The van der Waals surface area contributed by atoms with Crippen molar-refractivity contribution >= 4 is 21.6 Å². The smallest absolute Gasteiger partial charge is 0.246 e. The van der Waals surface area contributed by atoms with Crippen molar-refractivity contribution < 1.29 is 17.9 Å². The van der Waals surface area contributed by atoms with Gasteiger partial charge in [0.25, 0.3) is 0 Å². The number of sulfonamides is 1. The zero-order chi connectivity index (χ0) is 20.9. The summed E-state index contributed by atoms with van der Waals surface area (Å²) in [5, 5.41) is 6.82. The van der Waals surface area contributed by atoms with Crippen LogP contribution >= 0.6 is 0 Å². The number of aromatic nitrogens is 2. The molecule has 0 saturated heterocycles. The van der Waals surface area contributed by atoms with Crippen LogP contribution in [0.3, 0.4) is 0 Å². The lowest BCUT2D eigenvalue weighted by molar-refractivity contribution is -0.116. The third-order valence-electron chi connectivity index (χ3n) is 4.24. The molecule has 152 valence electrons. The van der Waals surface area contributed by atoms with E-state index in [2.05, 4.69) is 10.4 Å². The number of carbonyl (C=O) groups excluding carboxylic acids is 1. The molecule has 0 bridgehead atoms. The quantitative estimate of drug-likeness (QED) is 0.611. The maximum absolute atomic E-state index is 13.0. The van der Waals surface area contributed by atoms with Crippen LogP contribution < -0.4 is 10.1 Å². The number of methoxy groups -OCH3 is 1. The second-order valence-corrected chi connectivity index (χ2v) is 8.11. The lowest BCUT2D eigenvalue weighted by Gasteiger charge is -2.19. The molecule has 8 nitrogen and oxygen atoms in total. The molecule has 9 heteroatoms. The van der Waals surface area contributed by atoms with E-state index in [0.717, 1.165) is 9.99 Å². The van der Waals surface area contributed by atoms with Crippen molar-refractivity contribution in [1.29, 1.82) is 0 Å². The van der Waals surface area contributed by atoms with E-state index in [0.29, 0.717) is 11.4 Å². The van der Waals surface area contributed by atoms with Gasteiger partial charge in [-0.15, -0.1) is 0 Å². The fraction of sp³-hybridized carbons (Fsp3) is 0.200. The van der Waals surface area contributed by atoms with Gasteiger partial charge in [-0.05, 0) is 24.3 Å². The number of likely N-dealkylation sites (N-methyl/N-ethyl adjacent to an activating group) is 1. The molecule has 0 unspecified atom stereocenters. The highest BCUT2D eigenvalue weighted by molar-refractivity contribution is 7.89. The van der Waals surface area contributed by atoms with Crippen molar-refractivity contribution in [3.63, 3.8) is 0 Å². The van der Waals surface area contributed by atoms with Gasteiger partial charge in [0.2, 0.25) is 15.9 Å². The van der Waals surface area contributed by atoms with Crippen LogP contribution in [0.2, 0.25) is 0 Å². The first-order chi connectivity index (χ1) is 13.9. The molecule has 3 rings (SSSR count). The van der Waals surface area contributed by atoms with Crippen molar-refractivity contribution in [2.75, 3.05) is 25.5 Å². The molecule has 29 heavy (non-hydrogen) atoms. The SMILES string of the molecule is CCN(CC(=O)Nc1cccc(OC)c1)S(=O)(=O)c1cnn(-c2ccccc2)c1. The average Bonchev–Trinajstić information content (AvgIpc) is 3.24. The highest BCUT2D eigenvalue weighted by atomic mass is 32.2. The number of rotatable bonds is 8. The summed E-state index contributed by atoms with van der Waals surface area (Å²) in [7, 11) is -2.34. The Morgan fingerprint density at radius 3 is 2.62 bits per heavy atom. The second kappa shape index (κ2) is 8.89. The Kier molecular flexibility index (Phi) is 6.30. The minimum absolute atomic E-state index is 0.0254. The Morgan fingerprint density at radius 1 is 1.17 bits per heavy atom. The monoisotopic (exact) mass is 414 g/mol. The number of ether oxygens (including phenoxy) is 1. The number of benzene rings is 2. The van der Waals surface area contributed by atoms with Crippen LogP contribution in [0.4, 0.5) is 5.69 Å². The molecule has 0 aliphatic rings. The number of amides is 1. The van der Waals surface area contributed by atoms with Gasteiger partial charge in [0.05, 0.1) is 31.7 Å². The van der Waals surface area contributed by atoms with Crippen molar-refractivity contribution in [3.05, 3.63) is 67.0 Å². The molecule has 0 aliphatic carbocycles. The van der Waals surface area contributed by atoms with Gasteiger partial charge in [-0.1, -0.05) is 31.2 Å². The van der Waals surface area contributed by atoms with Crippen LogP contribution in [0.1, 0.15) is 6.92 Å². The number of nitrogens with one attached hydrogen (secondary N) is 1. The van der Waals surface area contributed by atoms with Gasteiger partial charge in [-0.3, -0.25) is 4.79 Å². The Labute approximate surface area is 169 Å². The van der Waals surface area contributed by atoms with Crippen LogP contribution in [0.5, 0.6) is 5.75 Å². The summed E-state index contributed by atoms with van der Waals surface area (Å²) in [6.45, 7) is 1.51. The zero-order valence-corrected chi connectivity index (χ0v) is 17.0. The maximum atomic E-state index is 13.0. The third kappa shape index (κ3) is 4.82. The summed E-state index contributed by atoms with van der Waals surface area (Å²) in [6.07, 6.45) is 2.72. The first-order valence-corrected chi connectivity index (χ1v) is 10.4. The molecular weight excluding hydrogens is 392 g/mol.